The highest BCUT2D eigenvalue weighted by Crippen LogP contribution is 2.16. The van der Waals surface area contributed by atoms with E-state index in [9.17, 15) is 22.9 Å². The quantitative estimate of drug-likeness (QED) is 0.158. The zero-order valence-electron chi connectivity index (χ0n) is 19.8. The van der Waals surface area contributed by atoms with Crippen molar-refractivity contribution < 1.29 is 27.5 Å². The zero-order chi connectivity index (χ0) is 24.9. The van der Waals surface area contributed by atoms with E-state index in [1.54, 1.807) is 45.0 Å². The minimum Gasteiger partial charge on any atom is -0.494 e. The van der Waals surface area contributed by atoms with E-state index in [4.69, 9.17) is 9.47 Å². The van der Waals surface area contributed by atoms with E-state index in [-0.39, 0.29) is 30.9 Å². The number of nitroso groups, excluding NO2 is 1. The molecule has 1 aromatic rings. The fourth-order valence-electron chi connectivity index (χ4n) is 2.78. The second-order valence-electron chi connectivity index (χ2n) is 8.64. The van der Waals surface area contributed by atoms with Gasteiger partial charge in [0.25, 0.3) is 0 Å². The van der Waals surface area contributed by atoms with Crippen LogP contribution in [0.15, 0.2) is 29.6 Å². The molecule has 0 fully saturated rings. The summed E-state index contributed by atoms with van der Waals surface area (Å²) in [7, 11) is -3.63. The molecule has 0 aliphatic rings. The Hall–Kier alpha value is -2.53. The van der Waals surface area contributed by atoms with Gasteiger partial charge in [-0.3, -0.25) is 15.0 Å². The first-order valence-corrected chi connectivity index (χ1v) is 12.6. The van der Waals surface area contributed by atoms with Crippen molar-refractivity contribution in [2.45, 2.75) is 71.4 Å². The molecule has 1 rings (SSSR count). The number of unbranched alkanes of at least 4 members (excludes halogenated alkanes) is 1. The van der Waals surface area contributed by atoms with Gasteiger partial charge >= 0.3 is 5.97 Å². The Morgan fingerprint density at radius 2 is 1.79 bits per heavy atom. The predicted octanol–water partition coefficient (Wildman–Crippen LogP) is 2.66. The molecule has 0 aromatic heterocycles. The number of esters is 1. The molecule has 0 heterocycles. The maximum absolute atomic E-state index is 12.6. The molecule has 0 saturated carbocycles. The van der Waals surface area contributed by atoms with Gasteiger partial charge in [-0.05, 0) is 57.7 Å². The lowest BCUT2D eigenvalue weighted by molar-refractivity contribution is -0.156. The van der Waals surface area contributed by atoms with Gasteiger partial charge in [-0.15, -0.1) is 4.91 Å². The highest BCUT2D eigenvalue weighted by molar-refractivity contribution is 7.89. The van der Waals surface area contributed by atoms with Crippen LogP contribution in [0.25, 0.3) is 0 Å². The van der Waals surface area contributed by atoms with Gasteiger partial charge in [0, 0.05) is 6.42 Å². The minimum absolute atomic E-state index is 0.0558. The van der Waals surface area contributed by atoms with Gasteiger partial charge in [-0.1, -0.05) is 25.5 Å². The molecule has 0 radical (unpaired) electrons. The average molecular weight is 486 g/mol. The molecule has 0 bridgehead atoms. The molecule has 10 nitrogen and oxygen atoms in total. The summed E-state index contributed by atoms with van der Waals surface area (Å²) in [5, 5.41) is 2.42. The normalized spacial score (nSPS) is 12.6. The lowest BCUT2D eigenvalue weighted by Gasteiger charge is -2.24. The number of carbonyl (C=O) groups excluding carboxylic acids is 2. The summed E-state index contributed by atoms with van der Waals surface area (Å²) in [6.45, 7) is 7.29. The van der Waals surface area contributed by atoms with Crippen molar-refractivity contribution in [1.82, 2.24) is 10.1 Å². The van der Waals surface area contributed by atoms with Gasteiger partial charge in [0.05, 0.1) is 24.2 Å². The van der Waals surface area contributed by atoms with Crippen molar-refractivity contribution in [3.63, 3.8) is 0 Å². The summed E-state index contributed by atoms with van der Waals surface area (Å²) in [4.78, 5) is 34.0. The van der Waals surface area contributed by atoms with Crippen molar-refractivity contribution >= 4 is 21.8 Å². The molecular weight excluding hydrogens is 450 g/mol. The standard InChI is InChI=1S/C22H35N3O7S/c1-5-6-14-33(29,30)24-20(21(27)32-22(2,3)4)15-17-9-11-19(12-10-17)31-13-7-8-18(26)16-23-25-28/h9-12,20,24H,5-8,13-16H2,1-4H3,(H,23,28)/t20-/m0/s1. The zero-order valence-corrected chi connectivity index (χ0v) is 20.6. The van der Waals surface area contributed by atoms with E-state index < -0.39 is 27.6 Å². The topological polar surface area (TPSA) is 140 Å². The third kappa shape index (κ3) is 12.9. The largest absolute Gasteiger partial charge is 0.494 e. The summed E-state index contributed by atoms with van der Waals surface area (Å²) < 4.78 is 38.3. The highest BCUT2D eigenvalue weighted by Gasteiger charge is 2.29. The molecule has 0 amide bonds. The summed E-state index contributed by atoms with van der Waals surface area (Å²) >= 11 is 0. The third-order valence-corrected chi connectivity index (χ3v) is 5.82. The number of benzene rings is 1. The maximum Gasteiger partial charge on any atom is 0.325 e. The van der Waals surface area contributed by atoms with Crippen LogP contribution >= 0.6 is 0 Å². The molecule has 0 saturated heterocycles. The van der Waals surface area contributed by atoms with Crippen LogP contribution in [0.3, 0.4) is 0 Å². The Morgan fingerprint density at radius 1 is 1.12 bits per heavy atom. The molecular formula is C22H35N3O7S. The second-order valence-corrected chi connectivity index (χ2v) is 10.5. The Bertz CT molecular complexity index is 865. The Kier molecular flexibility index (Phi) is 12.0. The first kappa shape index (κ1) is 28.5. The number of rotatable bonds is 16. The van der Waals surface area contributed by atoms with Crippen LogP contribution in [-0.4, -0.2) is 50.7 Å². The number of ether oxygens (including phenoxy) is 2. The Labute approximate surface area is 195 Å². The molecule has 0 spiro atoms. The van der Waals surface area contributed by atoms with Crippen LogP contribution in [0.5, 0.6) is 5.75 Å². The first-order chi connectivity index (χ1) is 15.5. The number of sulfonamides is 1. The number of nitrogens with one attached hydrogen (secondary N) is 2. The average Bonchev–Trinajstić information content (AvgIpc) is 2.73. The van der Waals surface area contributed by atoms with Crippen LogP contribution in [0.1, 0.15) is 58.9 Å². The van der Waals surface area contributed by atoms with Crippen molar-refractivity contribution in [2.75, 3.05) is 18.9 Å². The molecule has 1 aromatic carbocycles. The number of carbonyl (C=O) groups is 2. The summed E-state index contributed by atoms with van der Waals surface area (Å²) in [6.07, 6.45) is 2.10. The maximum atomic E-state index is 12.6. The lowest BCUT2D eigenvalue weighted by atomic mass is 10.1. The number of nitrogens with zero attached hydrogens (tertiary/aromatic N) is 1. The van der Waals surface area contributed by atoms with Gasteiger partial charge in [0.2, 0.25) is 10.0 Å². The Balaban J connectivity index is 2.72. The van der Waals surface area contributed by atoms with Gasteiger partial charge in [0.15, 0.2) is 5.78 Å². The fourth-order valence-corrected chi connectivity index (χ4v) is 4.18. The molecule has 11 heteroatoms. The van der Waals surface area contributed by atoms with E-state index in [0.717, 1.165) is 12.0 Å². The highest BCUT2D eigenvalue weighted by atomic mass is 32.2. The van der Waals surface area contributed by atoms with Gasteiger partial charge in [-0.2, -0.15) is 0 Å². The fraction of sp³-hybridized carbons (Fsp3) is 0.636. The molecule has 2 N–H and O–H groups in total. The summed E-state index contributed by atoms with van der Waals surface area (Å²) in [5.74, 6) is -0.244. The van der Waals surface area contributed by atoms with Crippen LogP contribution < -0.4 is 14.9 Å². The van der Waals surface area contributed by atoms with Crippen LogP contribution in [0.2, 0.25) is 0 Å². The molecule has 186 valence electrons. The van der Waals surface area contributed by atoms with E-state index in [2.05, 4.69) is 15.4 Å². The van der Waals surface area contributed by atoms with Crippen LogP contribution in [0.4, 0.5) is 0 Å². The van der Waals surface area contributed by atoms with Crippen LogP contribution in [-0.2, 0) is 30.8 Å². The van der Waals surface area contributed by atoms with Crippen LogP contribution in [0, 0.1) is 4.91 Å². The number of Topliss-reactive ketones (excluding diaryl/α,β-unsaturated/α-hetero) is 1. The molecule has 0 aliphatic carbocycles. The second kappa shape index (κ2) is 13.9. The van der Waals surface area contributed by atoms with Crippen molar-refractivity contribution in [3.8, 4) is 5.75 Å². The van der Waals surface area contributed by atoms with Gasteiger partial charge in [-0.25, -0.2) is 13.1 Å². The number of hydrogen-bond donors (Lipinski definition) is 2. The van der Waals surface area contributed by atoms with E-state index in [0.29, 0.717) is 25.2 Å². The smallest absolute Gasteiger partial charge is 0.325 e. The summed E-state index contributed by atoms with van der Waals surface area (Å²) in [5.41, 5.74) is 2.06. The van der Waals surface area contributed by atoms with Crippen molar-refractivity contribution in [1.29, 1.82) is 0 Å². The lowest BCUT2D eigenvalue weighted by Crippen LogP contribution is -2.46. The molecule has 1 atom stereocenters. The predicted molar refractivity (Wildman–Crippen MR) is 125 cm³/mol. The van der Waals surface area contributed by atoms with E-state index in [1.807, 2.05) is 6.92 Å². The SMILES string of the molecule is CCCCS(=O)(=O)N[C@@H](Cc1ccc(OCCCC(=O)CNN=O)cc1)C(=O)OC(C)(C)C. The van der Waals surface area contributed by atoms with Gasteiger partial charge < -0.3 is 9.47 Å². The third-order valence-electron chi connectivity index (χ3n) is 4.35. The molecule has 0 unspecified atom stereocenters. The number of ketones is 1. The van der Waals surface area contributed by atoms with Gasteiger partial charge in [0.1, 0.15) is 17.4 Å². The molecule has 33 heavy (non-hydrogen) atoms. The molecule has 0 aliphatic heterocycles. The number of hydrogen-bond acceptors (Lipinski definition) is 8. The van der Waals surface area contributed by atoms with Crippen molar-refractivity contribution in [3.05, 3.63) is 34.7 Å². The van der Waals surface area contributed by atoms with E-state index in [1.165, 1.54) is 0 Å². The van der Waals surface area contributed by atoms with E-state index >= 15 is 0 Å². The monoisotopic (exact) mass is 485 g/mol. The Morgan fingerprint density at radius 3 is 2.36 bits per heavy atom. The van der Waals surface area contributed by atoms with Crippen molar-refractivity contribution in [2.24, 2.45) is 5.29 Å². The first-order valence-electron chi connectivity index (χ1n) is 11.0. The minimum atomic E-state index is -3.63. The summed E-state index contributed by atoms with van der Waals surface area (Å²) in [6, 6.07) is 5.88.